The number of carbonyl (C=O) groups excluding carboxylic acids is 2. The van der Waals surface area contributed by atoms with E-state index in [4.69, 9.17) is 9.47 Å². The molecular formula is C18H16F3NO4. The molecule has 0 fully saturated rings. The van der Waals surface area contributed by atoms with E-state index in [1.54, 1.807) is 41.7 Å². The second-order valence-electron chi connectivity index (χ2n) is 5.26. The van der Waals surface area contributed by atoms with Crippen LogP contribution in [-0.2, 0) is 22.7 Å². The third kappa shape index (κ3) is 5.23. The van der Waals surface area contributed by atoms with E-state index in [1.807, 2.05) is 0 Å². The topological polar surface area (TPSA) is 64.6 Å². The number of methoxy groups -OCH3 is 1. The summed E-state index contributed by atoms with van der Waals surface area (Å²) in [5, 5.41) is 1.79. The van der Waals surface area contributed by atoms with Crippen molar-refractivity contribution in [2.75, 3.05) is 7.11 Å². The van der Waals surface area contributed by atoms with Crippen LogP contribution in [0.5, 0.6) is 5.75 Å². The number of carbonyl (C=O) groups is 2. The average molecular weight is 367 g/mol. The number of rotatable bonds is 6. The predicted molar refractivity (Wildman–Crippen MR) is 86.5 cm³/mol. The molecular weight excluding hydrogens is 351 g/mol. The molecule has 0 radical (unpaired) electrons. The Hall–Kier alpha value is -3.03. The number of amides is 1. The van der Waals surface area contributed by atoms with Crippen molar-refractivity contribution in [3.05, 3.63) is 65.2 Å². The molecule has 0 aliphatic carbocycles. The molecule has 2 rings (SSSR count). The third-order valence-corrected chi connectivity index (χ3v) is 3.45. The van der Waals surface area contributed by atoms with Gasteiger partial charge >= 0.3 is 18.1 Å². The molecule has 0 saturated carbocycles. The predicted octanol–water partition coefficient (Wildman–Crippen LogP) is 3.23. The second-order valence-corrected chi connectivity index (χ2v) is 5.26. The Morgan fingerprint density at radius 3 is 2.31 bits per heavy atom. The molecule has 0 spiro atoms. The summed E-state index contributed by atoms with van der Waals surface area (Å²) in [4.78, 5) is 22.5. The van der Waals surface area contributed by atoms with Gasteiger partial charge in [-0.15, -0.1) is 0 Å². The molecule has 0 unspecified atom stereocenters. The van der Waals surface area contributed by atoms with Gasteiger partial charge < -0.3 is 14.8 Å². The number of benzene rings is 2. The van der Waals surface area contributed by atoms with Crippen molar-refractivity contribution >= 4 is 11.9 Å². The SMILES string of the molecule is COC(=O)c1ccccc1COc1ccc(CNC(=O)C(F)(F)F)cc1. The molecule has 2 aromatic rings. The van der Waals surface area contributed by atoms with Crippen LogP contribution < -0.4 is 10.1 Å². The van der Waals surface area contributed by atoms with Crippen molar-refractivity contribution < 1.29 is 32.2 Å². The van der Waals surface area contributed by atoms with Gasteiger partial charge in [-0.05, 0) is 23.8 Å². The summed E-state index contributed by atoms with van der Waals surface area (Å²) >= 11 is 0. The smallest absolute Gasteiger partial charge is 0.471 e. The Balaban J connectivity index is 1.94. The first-order valence-electron chi connectivity index (χ1n) is 7.54. The van der Waals surface area contributed by atoms with Crippen molar-refractivity contribution in [3.63, 3.8) is 0 Å². The van der Waals surface area contributed by atoms with Crippen LogP contribution in [0.15, 0.2) is 48.5 Å². The minimum absolute atomic E-state index is 0.120. The van der Waals surface area contributed by atoms with E-state index in [0.717, 1.165) is 0 Å². The van der Waals surface area contributed by atoms with E-state index >= 15 is 0 Å². The molecule has 0 aliphatic rings. The van der Waals surface area contributed by atoms with E-state index in [2.05, 4.69) is 0 Å². The van der Waals surface area contributed by atoms with Crippen molar-refractivity contribution in [2.45, 2.75) is 19.3 Å². The fourth-order valence-corrected chi connectivity index (χ4v) is 2.10. The van der Waals surface area contributed by atoms with Gasteiger partial charge in [0.15, 0.2) is 0 Å². The van der Waals surface area contributed by atoms with Gasteiger partial charge in [0.1, 0.15) is 12.4 Å². The quantitative estimate of drug-likeness (QED) is 0.797. The number of alkyl halides is 3. The van der Waals surface area contributed by atoms with Gasteiger partial charge in [-0.3, -0.25) is 4.79 Å². The standard InChI is InChI=1S/C18H16F3NO4/c1-25-16(23)15-5-3-2-4-13(15)11-26-14-8-6-12(7-9-14)10-22-17(24)18(19,20)21/h2-9H,10-11H2,1H3,(H,22,24). The van der Waals surface area contributed by atoms with Crippen LogP contribution in [0.25, 0.3) is 0 Å². The van der Waals surface area contributed by atoms with Crippen molar-refractivity contribution in [2.24, 2.45) is 0 Å². The lowest BCUT2D eigenvalue weighted by atomic mass is 10.1. The number of hydrogen-bond acceptors (Lipinski definition) is 4. The van der Waals surface area contributed by atoms with Crippen LogP contribution >= 0.6 is 0 Å². The van der Waals surface area contributed by atoms with Crippen LogP contribution in [0.2, 0.25) is 0 Å². The lowest BCUT2D eigenvalue weighted by Crippen LogP contribution is -2.36. The van der Waals surface area contributed by atoms with Gasteiger partial charge in [-0.25, -0.2) is 4.79 Å². The molecule has 0 heterocycles. The van der Waals surface area contributed by atoms with Gasteiger partial charge in [0.2, 0.25) is 0 Å². The molecule has 138 valence electrons. The largest absolute Gasteiger partial charge is 0.489 e. The highest BCUT2D eigenvalue weighted by atomic mass is 19.4. The van der Waals surface area contributed by atoms with Crippen molar-refractivity contribution in [1.82, 2.24) is 5.32 Å². The minimum atomic E-state index is -4.91. The summed E-state index contributed by atoms with van der Waals surface area (Å²) in [5.41, 5.74) is 1.52. The highest BCUT2D eigenvalue weighted by Crippen LogP contribution is 2.18. The van der Waals surface area contributed by atoms with Crippen LogP contribution in [0.3, 0.4) is 0 Å². The zero-order valence-electron chi connectivity index (χ0n) is 13.8. The Labute approximate surface area is 147 Å². The number of halogens is 3. The highest BCUT2D eigenvalue weighted by Gasteiger charge is 2.38. The Bertz CT molecular complexity index is 773. The zero-order chi connectivity index (χ0) is 19.2. The fourth-order valence-electron chi connectivity index (χ4n) is 2.10. The summed E-state index contributed by atoms with van der Waals surface area (Å²) in [6.07, 6.45) is -4.91. The maximum Gasteiger partial charge on any atom is 0.471 e. The summed E-state index contributed by atoms with van der Waals surface area (Å²) in [5.74, 6) is -1.99. The second kappa shape index (κ2) is 8.37. The number of esters is 1. The van der Waals surface area contributed by atoms with E-state index in [-0.39, 0.29) is 13.2 Å². The zero-order valence-corrected chi connectivity index (χ0v) is 13.8. The molecule has 1 amide bonds. The van der Waals surface area contributed by atoms with Crippen LogP contribution in [0, 0.1) is 0 Å². The van der Waals surface area contributed by atoms with Gasteiger partial charge in [0.25, 0.3) is 0 Å². The van der Waals surface area contributed by atoms with E-state index < -0.39 is 18.1 Å². The monoisotopic (exact) mass is 367 g/mol. The Morgan fingerprint density at radius 2 is 1.69 bits per heavy atom. The molecule has 0 atom stereocenters. The molecule has 0 aliphatic heterocycles. The summed E-state index contributed by atoms with van der Waals surface area (Å²) in [6.45, 7) is -0.126. The van der Waals surface area contributed by atoms with Gasteiger partial charge in [0.05, 0.1) is 12.7 Å². The van der Waals surface area contributed by atoms with Crippen LogP contribution in [-0.4, -0.2) is 25.2 Å². The number of hydrogen-bond donors (Lipinski definition) is 1. The molecule has 0 aromatic heterocycles. The van der Waals surface area contributed by atoms with Crippen molar-refractivity contribution in [3.8, 4) is 5.75 Å². The average Bonchev–Trinajstić information content (AvgIpc) is 2.64. The first-order valence-corrected chi connectivity index (χ1v) is 7.54. The lowest BCUT2D eigenvalue weighted by Gasteiger charge is -2.11. The van der Waals surface area contributed by atoms with E-state index in [1.165, 1.54) is 19.2 Å². The summed E-state index contributed by atoms with van der Waals surface area (Å²) in [7, 11) is 1.29. The normalized spacial score (nSPS) is 10.9. The highest BCUT2D eigenvalue weighted by molar-refractivity contribution is 5.90. The minimum Gasteiger partial charge on any atom is -0.489 e. The first kappa shape index (κ1) is 19.3. The molecule has 8 heteroatoms. The molecule has 26 heavy (non-hydrogen) atoms. The maximum absolute atomic E-state index is 12.1. The van der Waals surface area contributed by atoms with Crippen LogP contribution in [0.4, 0.5) is 13.2 Å². The maximum atomic E-state index is 12.1. The molecule has 0 bridgehead atoms. The summed E-state index contributed by atoms with van der Waals surface area (Å²) in [6, 6.07) is 13.0. The lowest BCUT2D eigenvalue weighted by molar-refractivity contribution is -0.173. The number of nitrogens with one attached hydrogen (secondary N) is 1. The molecule has 1 N–H and O–H groups in total. The first-order chi connectivity index (χ1) is 12.3. The van der Waals surface area contributed by atoms with Gasteiger partial charge in [-0.1, -0.05) is 30.3 Å². The fraction of sp³-hybridized carbons (Fsp3) is 0.222. The number of ether oxygens (including phenoxy) is 2. The van der Waals surface area contributed by atoms with Crippen LogP contribution in [0.1, 0.15) is 21.5 Å². The summed E-state index contributed by atoms with van der Waals surface area (Å²) < 4.78 is 46.7. The molecule has 2 aromatic carbocycles. The Morgan fingerprint density at radius 1 is 1.04 bits per heavy atom. The Kier molecular flexibility index (Phi) is 6.21. The molecule has 0 saturated heterocycles. The van der Waals surface area contributed by atoms with E-state index in [9.17, 15) is 22.8 Å². The third-order valence-electron chi connectivity index (χ3n) is 3.45. The van der Waals surface area contributed by atoms with E-state index in [0.29, 0.717) is 22.4 Å². The molecule has 5 nitrogen and oxygen atoms in total. The van der Waals surface area contributed by atoms with Gasteiger partial charge in [0, 0.05) is 12.1 Å². The van der Waals surface area contributed by atoms with Gasteiger partial charge in [-0.2, -0.15) is 13.2 Å². The van der Waals surface area contributed by atoms with Crippen molar-refractivity contribution in [1.29, 1.82) is 0 Å².